The van der Waals surface area contributed by atoms with Crippen molar-refractivity contribution in [2.75, 3.05) is 38.2 Å². The zero-order valence-electron chi connectivity index (χ0n) is 17.4. The van der Waals surface area contributed by atoms with Gasteiger partial charge in [-0.15, -0.1) is 0 Å². The molecule has 27 heavy (non-hydrogen) atoms. The second-order valence-corrected chi connectivity index (χ2v) is 7.75. The molecule has 0 radical (unpaired) electrons. The maximum absolute atomic E-state index is 12.5. The highest BCUT2D eigenvalue weighted by molar-refractivity contribution is 5.97. The summed E-state index contributed by atoms with van der Waals surface area (Å²) in [6, 6.07) is 7.56. The number of piperidine rings is 1. The van der Waals surface area contributed by atoms with Crippen LogP contribution in [0.5, 0.6) is 5.75 Å². The van der Waals surface area contributed by atoms with Gasteiger partial charge in [-0.1, -0.05) is 13.8 Å². The molecule has 1 heterocycles. The zero-order chi connectivity index (χ0) is 19.7. The third kappa shape index (κ3) is 6.82. The van der Waals surface area contributed by atoms with Crippen LogP contribution in [-0.2, 0) is 9.53 Å². The lowest BCUT2D eigenvalue weighted by Crippen LogP contribution is -2.42. The van der Waals surface area contributed by atoms with E-state index >= 15 is 0 Å². The lowest BCUT2D eigenvalue weighted by Gasteiger charge is -2.30. The van der Waals surface area contributed by atoms with Crippen LogP contribution in [-0.4, -0.2) is 49.3 Å². The van der Waals surface area contributed by atoms with E-state index in [0.29, 0.717) is 13.0 Å². The molecule has 1 aromatic carbocycles. The predicted octanol–water partition coefficient (Wildman–Crippen LogP) is 4.33. The first-order valence-corrected chi connectivity index (χ1v) is 10.4. The van der Waals surface area contributed by atoms with Crippen molar-refractivity contribution in [2.45, 2.75) is 59.0 Å². The quantitative estimate of drug-likeness (QED) is 0.618. The van der Waals surface area contributed by atoms with Crippen molar-refractivity contribution in [3.63, 3.8) is 0 Å². The topological polar surface area (TPSA) is 50.8 Å². The second kappa shape index (κ2) is 10.7. The highest BCUT2D eigenvalue weighted by Gasteiger charge is 2.31. The van der Waals surface area contributed by atoms with E-state index in [4.69, 9.17) is 9.47 Å². The number of hydrogen-bond donors (Lipinski definition) is 1. The Labute approximate surface area is 164 Å². The summed E-state index contributed by atoms with van der Waals surface area (Å²) in [5, 5.41) is 2.93. The van der Waals surface area contributed by atoms with Gasteiger partial charge in [-0.2, -0.15) is 0 Å². The average molecular weight is 377 g/mol. The van der Waals surface area contributed by atoms with Crippen LogP contribution in [0, 0.1) is 5.92 Å². The molecule has 0 unspecified atom stereocenters. The molecule has 1 N–H and O–H groups in total. The molecular formula is C22H36N2O3. The molecule has 152 valence electrons. The molecule has 0 spiro atoms. The van der Waals surface area contributed by atoms with Crippen LogP contribution in [0.2, 0.25) is 0 Å². The number of anilines is 1. The van der Waals surface area contributed by atoms with Crippen LogP contribution < -0.4 is 10.1 Å². The van der Waals surface area contributed by atoms with Gasteiger partial charge in [0.15, 0.2) is 0 Å². The zero-order valence-corrected chi connectivity index (χ0v) is 17.4. The highest BCUT2D eigenvalue weighted by atomic mass is 16.5. The molecule has 0 aliphatic carbocycles. The molecule has 1 fully saturated rings. The van der Waals surface area contributed by atoms with E-state index in [1.807, 2.05) is 45.0 Å². The molecular weight excluding hydrogens is 340 g/mol. The molecule has 5 nitrogen and oxygen atoms in total. The van der Waals surface area contributed by atoms with Crippen molar-refractivity contribution in [3.8, 4) is 5.75 Å². The first-order chi connectivity index (χ1) is 13.0. The van der Waals surface area contributed by atoms with Crippen LogP contribution in [0.1, 0.15) is 53.4 Å². The number of nitrogens with one attached hydrogen (secondary N) is 1. The maximum atomic E-state index is 12.5. The Balaban J connectivity index is 1.74. The fourth-order valence-electron chi connectivity index (χ4n) is 3.51. The van der Waals surface area contributed by atoms with E-state index < -0.39 is 5.60 Å². The van der Waals surface area contributed by atoms with Crippen LogP contribution in [0.15, 0.2) is 24.3 Å². The Morgan fingerprint density at radius 1 is 1.30 bits per heavy atom. The van der Waals surface area contributed by atoms with E-state index in [1.54, 1.807) is 0 Å². The molecule has 2 rings (SSSR count). The number of rotatable bonds is 10. The summed E-state index contributed by atoms with van der Waals surface area (Å²) in [6.07, 6.45) is 4.34. The summed E-state index contributed by atoms with van der Waals surface area (Å²) in [7, 11) is 0. The standard InChI is InChI=1S/C22H36N2O3/c1-5-22(4,27-6-2)21(25)23-19-10-12-20(13-11-19)26-16-8-15-24-14-7-9-18(3)17-24/h10-13,18H,5-9,14-17H2,1-4H3,(H,23,25)/t18-,22+/m1/s1. The number of carbonyl (C=O) groups is 1. The van der Waals surface area contributed by atoms with Crippen molar-refractivity contribution in [1.82, 2.24) is 4.90 Å². The summed E-state index contributed by atoms with van der Waals surface area (Å²) in [5.74, 6) is 1.54. The predicted molar refractivity (Wildman–Crippen MR) is 110 cm³/mol. The van der Waals surface area contributed by atoms with E-state index in [1.165, 1.54) is 25.9 Å². The second-order valence-electron chi connectivity index (χ2n) is 7.75. The average Bonchev–Trinajstić information content (AvgIpc) is 2.66. The first kappa shape index (κ1) is 21.7. The van der Waals surface area contributed by atoms with Crippen LogP contribution >= 0.6 is 0 Å². The normalized spacial score (nSPS) is 20.1. The third-order valence-electron chi connectivity index (χ3n) is 5.36. The summed E-state index contributed by atoms with van der Waals surface area (Å²) in [6.45, 7) is 12.8. The minimum atomic E-state index is -0.796. The highest BCUT2D eigenvalue weighted by Crippen LogP contribution is 2.21. The van der Waals surface area contributed by atoms with Gasteiger partial charge in [0.1, 0.15) is 11.4 Å². The van der Waals surface area contributed by atoms with Crippen LogP contribution in [0.4, 0.5) is 5.69 Å². The fourth-order valence-corrected chi connectivity index (χ4v) is 3.51. The number of amides is 1. The largest absolute Gasteiger partial charge is 0.494 e. The monoisotopic (exact) mass is 376 g/mol. The fraction of sp³-hybridized carbons (Fsp3) is 0.682. The third-order valence-corrected chi connectivity index (χ3v) is 5.36. The van der Waals surface area contributed by atoms with Crippen molar-refractivity contribution in [3.05, 3.63) is 24.3 Å². The molecule has 1 aliphatic heterocycles. The van der Waals surface area contributed by atoms with Gasteiger partial charge in [0.25, 0.3) is 5.91 Å². The Morgan fingerprint density at radius 3 is 2.67 bits per heavy atom. The summed E-state index contributed by atoms with van der Waals surface area (Å²) in [4.78, 5) is 15.0. The molecule has 0 bridgehead atoms. The maximum Gasteiger partial charge on any atom is 0.256 e. The van der Waals surface area contributed by atoms with Crippen molar-refractivity contribution in [2.24, 2.45) is 5.92 Å². The Bertz CT molecular complexity index is 575. The van der Waals surface area contributed by atoms with Crippen molar-refractivity contribution >= 4 is 11.6 Å². The molecule has 2 atom stereocenters. The Kier molecular flexibility index (Phi) is 8.58. The lowest BCUT2D eigenvalue weighted by molar-refractivity contribution is -0.139. The van der Waals surface area contributed by atoms with E-state index in [2.05, 4.69) is 17.1 Å². The molecule has 0 aromatic heterocycles. The molecule has 1 aliphatic rings. The number of carbonyl (C=O) groups excluding carboxylic acids is 1. The number of likely N-dealkylation sites (tertiary alicyclic amines) is 1. The molecule has 1 saturated heterocycles. The Morgan fingerprint density at radius 2 is 2.04 bits per heavy atom. The van der Waals surface area contributed by atoms with Gasteiger partial charge in [0.2, 0.25) is 0 Å². The Hall–Kier alpha value is -1.59. The van der Waals surface area contributed by atoms with Crippen LogP contribution in [0.3, 0.4) is 0 Å². The number of hydrogen-bond acceptors (Lipinski definition) is 4. The number of nitrogens with zero attached hydrogens (tertiary/aromatic N) is 1. The summed E-state index contributed by atoms with van der Waals surface area (Å²) >= 11 is 0. The van der Waals surface area contributed by atoms with Crippen molar-refractivity contribution < 1.29 is 14.3 Å². The molecule has 0 saturated carbocycles. The van der Waals surface area contributed by atoms with Gasteiger partial charge >= 0.3 is 0 Å². The minimum Gasteiger partial charge on any atom is -0.494 e. The van der Waals surface area contributed by atoms with Crippen LogP contribution in [0.25, 0.3) is 0 Å². The van der Waals surface area contributed by atoms with E-state index in [0.717, 1.165) is 36.9 Å². The SMILES string of the molecule is CCO[C@@](C)(CC)C(=O)Nc1ccc(OCCCN2CCC[C@@H](C)C2)cc1. The first-order valence-electron chi connectivity index (χ1n) is 10.4. The summed E-state index contributed by atoms with van der Waals surface area (Å²) in [5.41, 5.74) is -0.0374. The van der Waals surface area contributed by atoms with Gasteiger partial charge in [-0.25, -0.2) is 0 Å². The molecule has 1 amide bonds. The van der Waals surface area contributed by atoms with Gasteiger partial charge in [-0.05, 0) is 76.3 Å². The van der Waals surface area contributed by atoms with Gasteiger partial charge < -0.3 is 19.7 Å². The summed E-state index contributed by atoms with van der Waals surface area (Å²) < 4.78 is 11.5. The number of ether oxygens (including phenoxy) is 2. The van der Waals surface area contributed by atoms with Gasteiger partial charge in [-0.3, -0.25) is 4.79 Å². The molecule has 1 aromatic rings. The van der Waals surface area contributed by atoms with Gasteiger partial charge in [0.05, 0.1) is 6.61 Å². The molecule has 5 heteroatoms. The van der Waals surface area contributed by atoms with E-state index in [-0.39, 0.29) is 5.91 Å². The lowest BCUT2D eigenvalue weighted by atomic mass is 10.0. The van der Waals surface area contributed by atoms with Gasteiger partial charge in [0, 0.05) is 25.4 Å². The smallest absolute Gasteiger partial charge is 0.256 e. The number of benzene rings is 1. The minimum absolute atomic E-state index is 0.115. The van der Waals surface area contributed by atoms with E-state index in [9.17, 15) is 4.79 Å². The van der Waals surface area contributed by atoms with Crippen molar-refractivity contribution in [1.29, 1.82) is 0 Å².